The van der Waals surface area contributed by atoms with Gasteiger partial charge in [0.2, 0.25) is 10.0 Å². The zero-order chi connectivity index (χ0) is 14.8. The highest BCUT2D eigenvalue weighted by Crippen LogP contribution is 2.26. The van der Waals surface area contributed by atoms with Crippen molar-refractivity contribution >= 4 is 10.0 Å². The van der Waals surface area contributed by atoms with Crippen LogP contribution < -0.4 is 0 Å². The van der Waals surface area contributed by atoms with Crippen LogP contribution in [0.25, 0.3) is 0 Å². The number of benzene rings is 1. The molecule has 1 saturated carbocycles. The summed E-state index contributed by atoms with van der Waals surface area (Å²) in [5.41, 5.74) is 0. The Balaban J connectivity index is 2.10. The zero-order valence-corrected chi connectivity index (χ0v) is 12.3. The molecule has 0 spiro atoms. The van der Waals surface area contributed by atoms with E-state index in [9.17, 15) is 17.9 Å². The summed E-state index contributed by atoms with van der Waals surface area (Å²) in [6, 6.07) is 4.79. The monoisotopic (exact) mass is 301 g/mol. The highest BCUT2D eigenvalue weighted by Gasteiger charge is 2.29. The molecule has 4 nitrogen and oxygen atoms in total. The third kappa shape index (κ3) is 3.37. The standard InChI is InChI=1S/C14H20FNO3S/c1-16(10-11-4-2-3-5-14(11)17)20(18,19)13-8-6-12(15)7-9-13/h6-9,11,14,17H,2-5,10H2,1H3. The molecule has 20 heavy (non-hydrogen) atoms. The predicted molar refractivity (Wildman–Crippen MR) is 74.2 cm³/mol. The summed E-state index contributed by atoms with van der Waals surface area (Å²) in [5.74, 6) is -0.488. The van der Waals surface area contributed by atoms with Crippen LogP contribution in [0.2, 0.25) is 0 Å². The van der Waals surface area contributed by atoms with Crippen molar-refractivity contribution in [2.45, 2.75) is 36.7 Å². The fraction of sp³-hybridized carbons (Fsp3) is 0.571. The maximum atomic E-state index is 12.9. The summed E-state index contributed by atoms with van der Waals surface area (Å²) in [4.78, 5) is 0.0756. The molecule has 0 aromatic heterocycles. The summed E-state index contributed by atoms with van der Waals surface area (Å²) in [6.45, 7) is 0.293. The molecule has 0 heterocycles. The molecule has 1 aliphatic rings. The second-order valence-corrected chi connectivity index (χ2v) is 7.40. The third-order valence-corrected chi connectivity index (χ3v) is 5.72. The molecule has 0 radical (unpaired) electrons. The predicted octanol–water partition coefficient (Wildman–Crippen LogP) is 2.00. The summed E-state index contributed by atoms with van der Waals surface area (Å²) >= 11 is 0. The van der Waals surface area contributed by atoms with Crippen LogP contribution in [0.15, 0.2) is 29.2 Å². The van der Waals surface area contributed by atoms with Crippen LogP contribution in [0.4, 0.5) is 4.39 Å². The van der Waals surface area contributed by atoms with Gasteiger partial charge in [-0.25, -0.2) is 17.1 Å². The number of aliphatic hydroxyl groups excluding tert-OH is 1. The van der Waals surface area contributed by atoms with E-state index in [0.29, 0.717) is 6.54 Å². The van der Waals surface area contributed by atoms with Gasteiger partial charge in [-0.15, -0.1) is 0 Å². The Morgan fingerprint density at radius 3 is 2.45 bits per heavy atom. The lowest BCUT2D eigenvalue weighted by Gasteiger charge is -2.30. The van der Waals surface area contributed by atoms with Crippen LogP contribution >= 0.6 is 0 Å². The lowest BCUT2D eigenvalue weighted by Crippen LogP contribution is -2.38. The molecule has 1 aromatic rings. The number of halogens is 1. The Morgan fingerprint density at radius 2 is 1.85 bits per heavy atom. The van der Waals surface area contributed by atoms with Crippen LogP contribution in [0.3, 0.4) is 0 Å². The van der Waals surface area contributed by atoms with E-state index in [0.717, 1.165) is 37.8 Å². The summed E-state index contributed by atoms with van der Waals surface area (Å²) in [5, 5.41) is 9.92. The maximum absolute atomic E-state index is 12.9. The first-order chi connectivity index (χ1) is 9.41. The molecule has 1 aliphatic carbocycles. The quantitative estimate of drug-likeness (QED) is 0.925. The minimum absolute atomic E-state index is 0.0241. The number of aliphatic hydroxyl groups is 1. The Hall–Kier alpha value is -0.980. The topological polar surface area (TPSA) is 57.6 Å². The molecular weight excluding hydrogens is 281 g/mol. The smallest absolute Gasteiger partial charge is 0.242 e. The van der Waals surface area contributed by atoms with E-state index in [-0.39, 0.29) is 10.8 Å². The van der Waals surface area contributed by atoms with Gasteiger partial charge in [-0.1, -0.05) is 12.8 Å². The van der Waals surface area contributed by atoms with Crippen molar-refractivity contribution in [1.29, 1.82) is 0 Å². The lowest BCUT2D eigenvalue weighted by atomic mass is 9.86. The average molecular weight is 301 g/mol. The molecule has 6 heteroatoms. The van der Waals surface area contributed by atoms with E-state index >= 15 is 0 Å². The minimum Gasteiger partial charge on any atom is -0.393 e. The van der Waals surface area contributed by atoms with E-state index in [1.807, 2.05) is 0 Å². The van der Waals surface area contributed by atoms with Gasteiger partial charge in [0.25, 0.3) is 0 Å². The van der Waals surface area contributed by atoms with E-state index in [4.69, 9.17) is 0 Å². The second-order valence-electron chi connectivity index (χ2n) is 5.35. The van der Waals surface area contributed by atoms with Crippen molar-refractivity contribution in [2.24, 2.45) is 5.92 Å². The largest absolute Gasteiger partial charge is 0.393 e. The first kappa shape index (κ1) is 15.4. The van der Waals surface area contributed by atoms with Crippen LogP contribution in [-0.4, -0.2) is 37.5 Å². The number of hydrogen-bond donors (Lipinski definition) is 1. The van der Waals surface area contributed by atoms with Crippen LogP contribution in [0.1, 0.15) is 25.7 Å². The van der Waals surface area contributed by atoms with Gasteiger partial charge in [0.1, 0.15) is 5.82 Å². The molecule has 1 N–H and O–H groups in total. The lowest BCUT2D eigenvalue weighted by molar-refractivity contribution is 0.0620. The van der Waals surface area contributed by atoms with E-state index < -0.39 is 21.9 Å². The van der Waals surface area contributed by atoms with E-state index in [2.05, 4.69) is 0 Å². The van der Waals surface area contributed by atoms with Gasteiger partial charge in [-0.05, 0) is 43.0 Å². The fourth-order valence-corrected chi connectivity index (χ4v) is 3.84. The van der Waals surface area contributed by atoms with Crippen molar-refractivity contribution in [1.82, 2.24) is 4.31 Å². The van der Waals surface area contributed by atoms with Crippen molar-refractivity contribution in [3.05, 3.63) is 30.1 Å². The van der Waals surface area contributed by atoms with Gasteiger partial charge in [-0.3, -0.25) is 0 Å². The van der Waals surface area contributed by atoms with Gasteiger partial charge >= 0.3 is 0 Å². The van der Waals surface area contributed by atoms with Crippen LogP contribution in [0, 0.1) is 11.7 Å². The average Bonchev–Trinajstić information content (AvgIpc) is 2.41. The van der Waals surface area contributed by atoms with Gasteiger partial charge in [0.05, 0.1) is 11.0 Å². The molecule has 112 valence electrons. The van der Waals surface area contributed by atoms with Crippen LogP contribution in [-0.2, 0) is 10.0 Å². The normalized spacial score (nSPS) is 24.0. The molecule has 2 atom stereocenters. The van der Waals surface area contributed by atoms with Gasteiger partial charge < -0.3 is 5.11 Å². The Morgan fingerprint density at radius 1 is 1.25 bits per heavy atom. The molecule has 0 saturated heterocycles. The molecule has 2 rings (SSSR count). The van der Waals surface area contributed by atoms with Gasteiger partial charge in [-0.2, -0.15) is 0 Å². The highest BCUT2D eigenvalue weighted by molar-refractivity contribution is 7.89. The maximum Gasteiger partial charge on any atom is 0.242 e. The zero-order valence-electron chi connectivity index (χ0n) is 11.5. The van der Waals surface area contributed by atoms with E-state index in [1.165, 1.54) is 23.5 Å². The number of sulfonamides is 1. The molecule has 0 amide bonds. The molecule has 1 fully saturated rings. The second kappa shape index (κ2) is 6.20. The molecule has 0 aliphatic heterocycles. The summed E-state index contributed by atoms with van der Waals surface area (Å²) in [6.07, 6.45) is 3.15. The SMILES string of the molecule is CN(CC1CCCCC1O)S(=O)(=O)c1ccc(F)cc1. The number of nitrogens with zero attached hydrogens (tertiary/aromatic N) is 1. The Labute approximate surface area is 119 Å². The Bertz CT molecular complexity index is 544. The van der Waals surface area contributed by atoms with Crippen LogP contribution in [0.5, 0.6) is 0 Å². The highest BCUT2D eigenvalue weighted by atomic mass is 32.2. The van der Waals surface area contributed by atoms with E-state index in [1.54, 1.807) is 0 Å². The summed E-state index contributed by atoms with van der Waals surface area (Å²) < 4.78 is 38.8. The minimum atomic E-state index is -3.62. The molecular formula is C14H20FNO3S. The summed E-state index contributed by atoms with van der Waals surface area (Å²) in [7, 11) is -2.12. The molecule has 1 aromatic carbocycles. The molecule has 2 unspecified atom stereocenters. The van der Waals surface area contributed by atoms with Crippen molar-refractivity contribution in [3.8, 4) is 0 Å². The first-order valence-electron chi connectivity index (χ1n) is 6.81. The molecule has 0 bridgehead atoms. The van der Waals surface area contributed by atoms with Gasteiger partial charge in [0.15, 0.2) is 0 Å². The van der Waals surface area contributed by atoms with Crippen molar-refractivity contribution < 1.29 is 17.9 Å². The van der Waals surface area contributed by atoms with Gasteiger partial charge in [0, 0.05) is 13.6 Å². The fourth-order valence-electron chi connectivity index (χ4n) is 2.62. The number of rotatable bonds is 4. The van der Waals surface area contributed by atoms with Crippen molar-refractivity contribution in [3.63, 3.8) is 0 Å². The number of hydrogen-bond acceptors (Lipinski definition) is 3. The third-order valence-electron chi connectivity index (χ3n) is 3.88. The first-order valence-corrected chi connectivity index (χ1v) is 8.25. The van der Waals surface area contributed by atoms with Crippen molar-refractivity contribution in [2.75, 3.05) is 13.6 Å². The Kier molecular flexibility index (Phi) is 4.78.